The van der Waals surface area contributed by atoms with Gasteiger partial charge in [-0.05, 0) is 33.8 Å². The van der Waals surface area contributed by atoms with Crippen LogP contribution >= 0.6 is 0 Å². The van der Waals surface area contributed by atoms with Crippen LogP contribution in [0.1, 0.15) is 11.6 Å². The van der Waals surface area contributed by atoms with Gasteiger partial charge in [0.15, 0.2) is 0 Å². The Balaban J connectivity index is 2.04. The van der Waals surface area contributed by atoms with Crippen molar-refractivity contribution in [3.63, 3.8) is 0 Å². The van der Waals surface area contributed by atoms with Gasteiger partial charge in [0.1, 0.15) is 11.4 Å². The first-order valence-corrected chi connectivity index (χ1v) is 8.09. The van der Waals surface area contributed by atoms with E-state index in [1.807, 2.05) is 51.3 Å². The smallest absolute Gasteiger partial charge is 0.253 e. The molecule has 130 valence electrons. The topological polar surface area (TPSA) is 64.7 Å². The zero-order valence-electron chi connectivity index (χ0n) is 14.8. The average Bonchev–Trinajstić information content (AvgIpc) is 2.56. The van der Waals surface area contributed by atoms with Crippen molar-refractivity contribution in [3.05, 3.63) is 56.3 Å². The quantitative estimate of drug-likeness (QED) is 0.668. The molecule has 0 spiro atoms. The Kier molecular flexibility index (Phi) is 6.11. The summed E-state index contributed by atoms with van der Waals surface area (Å²) in [5.74, 6) is 0. The summed E-state index contributed by atoms with van der Waals surface area (Å²) in [6.45, 7) is 1.98. The van der Waals surface area contributed by atoms with Crippen LogP contribution in [0, 0.1) is 0 Å². The van der Waals surface area contributed by atoms with Crippen molar-refractivity contribution in [1.29, 1.82) is 0 Å². The first kappa shape index (κ1) is 18.2. The molecule has 6 nitrogen and oxygen atoms in total. The van der Waals surface area contributed by atoms with E-state index >= 15 is 0 Å². The molecule has 2 aromatic carbocycles. The zero-order chi connectivity index (χ0) is 17.7. The summed E-state index contributed by atoms with van der Waals surface area (Å²) in [4.78, 5) is 27.7. The van der Waals surface area contributed by atoms with Crippen molar-refractivity contribution in [2.75, 3.05) is 58.5 Å². The van der Waals surface area contributed by atoms with Crippen LogP contribution in [0.25, 0.3) is 0 Å². The third-order valence-electron chi connectivity index (χ3n) is 4.05. The van der Waals surface area contributed by atoms with Crippen LogP contribution in [0.3, 0.4) is 0 Å². The summed E-state index contributed by atoms with van der Waals surface area (Å²) >= 11 is 0. The Hall–Kier alpha value is -2.18. The maximum Gasteiger partial charge on any atom is 0.253 e. The van der Waals surface area contributed by atoms with E-state index in [0.717, 1.165) is 12.1 Å². The van der Waals surface area contributed by atoms with E-state index in [9.17, 15) is 9.59 Å². The van der Waals surface area contributed by atoms with Crippen LogP contribution in [0.2, 0.25) is 0 Å². The van der Waals surface area contributed by atoms with E-state index in [1.54, 1.807) is 0 Å². The van der Waals surface area contributed by atoms with E-state index in [-0.39, 0.29) is 6.04 Å². The maximum atomic E-state index is 11.9. The van der Waals surface area contributed by atoms with Crippen LogP contribution in [-0.4, -0.2) is 57.6 Å². The fourth-order valence-corrected chi connectivity index (χ4v) is 2.61. The number of hydrogen-bond donors (Lipinski definition) is 2. The summed E-state index contributed by atoms with van der Waals surface area (Å²) in [7, 11) is 7.92. The van der Waals surface area contributed by atoms with Crippen LogP contribution in [-0.2, 0) is 0 Å². The van der Waals surface area contributed by atoms with Crippen LogP contribution < -0.4 is 21.5 Å². The van der Waals surface area contributed by atoms with Crippen molar-refractivity contribution in [2.24, 2.45) is 0 Å². The van der Waals surface area contributed by atoms with Gasteiger partial charge in [0, 0.05) is 19.6 Å². The number of nitrogens with one attached hydrogen (secondary N) is 2. The molecule has 1 atom stereocenters. The van der Waals surface area contributed by atoms with E-state index in [1.165, 1.54) is 0 Å². The van der Waals surface area contributed by atoms with Crippen molar-refractivity contribution in [1.82, 2.24) is 9.80 Å². The Morgan fingerprint density at radius 3 is 2.04 bits per heavy atom. The molecule has 6 heteroatoms. The molecule has 0 saturated heterocycles. The predicted octanol–water partition coefficient (Wildman–Crippen LogP) is 0.971. The lowest BCUT2D eigenvalue weighted by Gasteiger charge is -2.26. The molecule has 0 saturated carbocycles. The second kappa shape index (κ2) is 8.08. The van der Waals surface area contributed by atoms with Gasteiger partial charge in [0.05, 0.1) is 6.04 Å². The Bertz CT molecular complexity index is 718. The number of anilines is 2. The molecule has 24 heavy (non-hydrogen) atoms. The molecule has 0 radical (unpaired) electrons. The van der Waals surface area contributed by atoms with Crippen molar-refractivity contribution in [2.45, 2.75) is 6.04 Å². The lowest BCUT2D eigenvalue weighted by Crippen LogP contribution is -2.40. The normalized spacial score (nSPS) is 12.8. The van der Waals surface area contributed by atoms with E-state index in [0.29, 0.717) is 24.5 Å². The minimum absolute atomic E-state index is 0.116. The summed E-state index contributed by atoms with van der Waals surface area (Å²) in [5, 5.41) is 6.22. The van der Waals surface area contributed by atoms with Crippen molar-refractivity contribution >= 4 is 11.4 Å². The van der Waals surface area contributed by atoms with Gasteiger partial charge in [0.2, 0.25) is 0 Å². The molecule has 0 aromatic heterocycles. The largest absolute Gasteiger partial charge is 0.379 e. The standard InChI is InChI=1S/C18H26N4O2/c1-21(2)11-10-19-15-16(18(24)17(15)23)20-12-14(22(3)4)13-8-6-5-7-9-13/h5-9,14,19-20H,10-12H2,1-4H3/t14-/m1/s1. The number of benzene rings is 1. The number of hydrogen-bond acceptors (Lipinski definition) is 6. The second-order valence-electron chi connectivity index (χ2n) is 6.41. The van der Waals surface area contributed by atoms with Crippen molar-refractivity contribution in [3.8, 4) is 0 Å². The summed E-state index contributed by atoms with van der Waals surface area (Å²) < 4.78 is 0. The van der Waals surface area contributed by atoms with Gasteiger partial charge in [-0.1, -0.05) is 30.3 Å². The molecule has 2 N–H and O–H groups in total. The molecule has 0 amide bonds. The summed E-state index contributed by atoms with van der Waals surface area (Å²) in [6.07, 6.45) is 0. The Labute approximate surface area is 142 Å². The third kappa shape index (κ3) is 4.21. The molecule has 0 bridgehead atoms. The van der Waals surface area contributed by atoms with Crippen molar-refractivity contribution < 1.29 is 0 Å². The average molecular weight is 330 g/mol. The molecule has 0 aliphatic heterocycles. The van der Waals surface area contributed by atoms with E-state index in [4.69, 9.17) is 0 Å². The molecule has 0 fully saturated rings. The van der Waals surface area contributed by atoms with Gasteiger partial charge in [-0.2, -0.15) is 0 Å². The molecule has 0 heterocycles. The highest BCUT2D eigenvalue weighted by Gasteiger charge is 2.22. The fourth-order valence-electron chi connectivity index (χ4n) is 2.61. The molecule has 0 aliphatic rings. The lowest BCUT2D eigenvalue weighted by molar-refractivity contribution is 0.312. The molecular formula is C18H26N4O2. The Morgan fingerprint density at radius 1 is 0.917 bits per heavy atom. The fraction of sp³-hybridized carbons (Fsp3) is 0.444. The maximum absolute atomic E-state index is 11.9. The van der Waals surface area contributed by atoms with Crippen LogP contribution in [0.4, 0.5) is 11.4 Å². The van der Waals surface area contributed by atoms with Crippen LogP contribution in [0.15, 0.2) is 39.9 Å². The van der Waals surface area contributed by atoms with Gasteiger partial charge >= 0.3 is 0 Å². The summed E-state index contributed by atoms with van der Waals surface area (Å²) in [5.41, 5.74) is 1.11. The van der Waals surface area contributed by atoms with E-state index in [2.05, 4.69) is 27.7 Å². The van der Waals surface area contributed by atoms with Gasteiger partial charge in [-0.3, -0.25) is 9.59 Å². The number of nitrogens with zero attached hydrogens (tertiary/aromatic N) is 2. The van der Waals surface area contributed by atoms with Gasteiger partial charge in [-0.15, -0.1) is 0 Å². The number of rotatable bonds is 9. The van der Waals surface area contributed by atoms with Gasteiger partial charge in [-0.25, -0.2) is 0 Å². The minimum atomic E-state index is -0.437. The first-order valence-electron chi connectivity index (χ1n) is 8.09. The highest BCUT2D eigenvalue weighted by atomic mass is 16.2. The van der Waals surface area contributed by atoms with E-state index < -0.39 is 10.9 Å². The first-order chi connectivity index (χ1) is 11.4. The molecule has 2 rings (SSSR count). The molecular weight excluding hydrogens is 304 g/mol. The lowest BCUT2D eigenvalue weighted by atomic mass is 10.1. The second-order valence-corrected chi connectivity index (χ2v) is 6.41. The zero-order valence-corrected chi connectivity index (χ0v) is 14.8. The highest BCUT2D eigenvalue weighted by Crippen LogP contribution is 2.20. The van der Waals surface area contributed by atoms with Crippen LogP contribution in [0.5, 0.6) is 0 Å². The predicted molar refractivity (Wildman–Crippen MR) is 99.8 cm³/mol. The third-order valence-corrected chi connectivity index (χ3v) is 4.05. The minimum Gasteiger partial charge on any atom is -0.379 e. The Morgan fingerprint density at radius 2 is 1.50 bits per heavy atom. The van der Waals surface area contributed by atoms with Gasteiger partial charge < -0.3 is 20.4 Å². The summed E-state index contributed by atoms with van der Waals surface area (Å²) in [6, 6.07) is 10.2. The van der Waals surface area contributed by atoms with Gasteiger partial charge in [0.25, 0.3) is 10.9 Å². The highest BCUT2D eigenvalue weighted by molar-refractivity contribution is 5.74. The molecule has 0 unspecified atom stereocenters. The SMILES string of the molecule is CN(C)CCNc1c(NC[C@H](c2ccccc2)N(C)C)c(=O)c1=O. The molecule has 2 aromatic rings. The molecule has 0 aliphatic carbocycles. The monoisotopic (exact) mass is 330 g/mol. The number of likely N-dealkylation sites (N-methyl/N-ethyl adjacent to an activating group) is 2.